The van der Waals surface area contributed by atoms with Gasteiger partial charge in [0.25, 0.3) is 0 Å². The van der Waals surface area contributed by atoms with Crippen molar-refractivity contribution in [2.45, 2.75) is 20.3 Å². The van der Waals surface area contributed by atoms with E-state index in [0.29, 0.717) is 0 Å². The first-order valence-corrected chi connectivity index (χ1v) is 6.86. The molecular formula is C15H21N3. The van der Waals surface area contributed by atoms with E-state index in [-0.39, 0.29) is 0 Å². The molecule has 1 aliphatic heterocycles. The number of nitrogens with one attached hydrogen (secondary N) is 2. The van der Waals surface area contributed by atoms with E-state index in [1.165, 1.54) is 27.8 Å². The number of benzene rings is 1. The highest BCUT2D eigenvalue weighted by Gasteiger charge is 2.17. The van der Waals surface area contributed by atoms with Crippen LogP contribution in [0.15, 0.2) is 18.2 Å². The summed E-state index contributed by atoms with van der Waals surface area (Å²) in [4.78, 5) is 6.02. The number of aryl methyl sites for hydroxylation is 2. The summed E-state index contributed by atoms with van der Waals surface area (Å²) in [6.45, 7) is 8.77. The lowest BCUT2D eigenvalue weighted by Gasteiger charge is -2.29. The number of nitrogens with zero attached hydrogens (tertiary/aromatic N) is 1. The highest BCUT2D eigenvalue weighted by atomic mass is 15.2. The zero-order valence-electron chi connectivity index (χ0n) is 11.2. The molecule has 18 heavy (non-hydrogen) atoms. The van der Waals surface area contributed by atoms with Crippen LogP contribution in [0.2, 0.25) is 0 Å². The summed E-state index contributed by atoms with van der Waals surface area (Å²) in [5.74, 6) is 0. The quantitative estimate of drug-likeness (QED) is 0.849. The fourth-order valence-corrected chi connectivity index (χ4v) is 2.88. The van der Waals surface area contributed by atoms with Gasteiger partial charge in [-0.15, -0.1) is 0 Å². The molecule has 1 aliphatic rings. The van der Waals surface area contributed by atoms with Crippen LogP contribution in [-0.4, -0.2) is 31.2 Å². The molecule has 0 aliphatic carbocycles. The van der Waals surface area contributed by atoms with Crippen molar-refractivity contribution in [1.82, 2.24) is 10.3 Å². The van der Waals surface area contributed by atoms with E-state index in [9.17, 15) is 0 Å². The molecule has 3 nitrogen and oxygen atoms in total. The van der Waals surface area contributed by atoms with Gasteiger partial charge in [0.15, 0.2) is 0 Å². The zero-order chi connectivity index (χ0) is 12.5. The van der Waals surface area contributed by atoms with Crippen molar-refractivity contribution in [2.75, 3.05) is 31.1 Å². The number of rotatable bonds is 2. The molecule has 2 N–H and O–H groups in total. The highest BCUT2D eigenvalue weighted by molar-refractivity contribution is 5.95. The SMILES string of the molecule is CCc1ccc2[nH]c(C)c(N3CCNCC3)c2c1. The second-order valence-electron chi connectivity index (χ2n) is 5.07. The Labute approximate surface area is 108 Å². The minimum absolute atomic E-state index is 1.08. The van der Waals surface area contributed by atoms with Crippen LogP contribution in [0.1, 0.15) is 18.2 Å². The molecule has 0 atom stereocenters. The minimum atomic E-state index is 1.08. The average molecular weight is 243 g/mol. The highest BCUT2D eigenvalue weighted by Crippen LogP contribution is 2.31. The Hall–Kier alpha value is -1.48. The third-order valence-corrected chi connectivity index (χ3v) is 3.86. The van der Waals surface area contributed by atoms with Crippen LogP contribution in [0.5, 0.6) is 0 Å². The number of anilines is 1. The van der Waals surface area contributed by atoms with E-state index in [1.54, 1.807) is 0 Å². The number of H-pyrrole nitrogens is 1. The van der Waals surface area contributed by atoms with Gasteiger partial charge in [-0.3, -0.25) is 0 Å². The first-order chi connectivity index (χ1) is 8.79. The smallest absolute Gasteiger partial charge is 0.0655 e. The number of fused-ring (bicyclic) bond motifs is 1. The Balaban J connectivity index is 2.10. The van der Waals surface area contributed by atoms with Crippen molar-refractivity contribution in [3.63, 3.8) is 0 Å². The van der Waals surface area contributed by atoms with E-state index in [4.69, 9.17) is 0 Å². The fraction of sp³-hybridized carbons (Fsp3) is 0.467. The number of hydrogen-bond donors (Lipinski definition) is 2. The molecule has 0 unspecified atom stereocenters. The Kier molecular flexibility index (Phi) is 3.00. The predicted molar refractivity (Wildman–Crippen MR) is 77.5 cm³/mol. The normalized spacial score (nSPS) is 16.4. The van der Waals surface area contributed by atoms with Crippen molar-refractivity contribution in [1.29, 1.82) is 0 Å². The minimum Gasteiger partial charge on any atom is -0.367 e. The molecule has 96 valence electrons. The number of hydrogen-bond acceptors (Lipinski definition) is 2. The largest absolute Gasteiger partial charge is 0.367 e. The van der Waals surface area contributed by atoms with Gasteiger partial charge in [0.2, 0.25) is 0 Å². The van der Waals surface area contributed by atoms with E-state index < -0.39 is 0 Å². The Morgan fingerprint density at radius 1 is 1.22 bits per heavy atom. The summed E-state index contributed by atoms with van der Waals surface area (Å²) >= 11 is 0. The molecule has 0 saturated carbocycles. The third kappa shape index (κ3) is 1.89. The van der Waals surface area contributed by atoms with Gasteiger partial charge in [-0.05, 0) is 31.0 Å². The fourth-order valence-electron chi connectivity index (χ4n) is 2.88. The van der Waals surface area contributed by atoms with Crippen molar-refractivity contribution in [3.05, 3.63) is 29.5 Å². The second-order valence-corrected chi connectivity index (χ2v) is 5.07. The van der Waals surface area contributed by atoms with Crippen LogP contribution in [0.3, 0.4) is 0 Å². The summed E-state index contributed by atoms with van der Waals surface area (Å²) in [5.41, 5.74) is 5.37. The van der Waals surface area contributed by atoms with Gasteiger partial charge in [0.1, 0.15) is 0 Å². The van der Waals surface area contributed by atoms with Gasteiger partial charge < -0.3 is 15.2 Å². The van der Waals surface area contributed by atoms with Crippen LogP contribution in [0.25, 0.3) is 10.9 Å². The Morgan fingerprint density at radius 3 is 2.72 bits per heavy atom. The summed E-state index contributed by atoms with van der Waals surface area (Å²) in [6.07, 6.45) is 1.10. The maximum atomic E-state index is 3.51. The lowest BCUT2D eigenvalue weighted by Crippen LogP contribution is -2.43. The number of aromatic amines is 1. The van der Waals surface area contributed by atoms with Crippen molar-refractivity contribution in [2.24, 2.45) is 0 Å². The van der Waals surface area contributed by atoms with Gasteiger partial charge in [0, 0.05) is 42.8 Å². The number of piperazine rings is 1. The van der Waals surface area contributed by atoms with E-state index in [2.05, 4.69) is 47.2 Å². The zero-order valence-corrected chi connectivity index (χ0v) is 11.2. The van der Waals surface area contributed by atoms with Crippen LogP contribution >= 0.6 is 0 Å². The predicted octanol–water partition coefficient (Wildman–Crippen LogP) is 2.45. The Morgan fingerprint density at radius 2 is 2.00 bits per heavy atom. The molecule has 0 bridgehead atoms. The standard InChI is InChI=1S/C15H21N3/c1-3-12-4-5-14-13(10-12)15(11(2)17-14)18-8-6-16-7-9-18/h4-5,10,16-17H,3,6-9H2,1-2H3. The van der Waals surface area contributed by atoms with Crippen LogP contribution in [0.4, 0.5) is 5.69 Å². The molecule has 1 saturated heterocycles. The molecule has 0 spiro atoms. The van der Waals surface area contributed by atoms with Crippen molar-refractivity contribution >= 4 is 16.6 Å². The molecule has 1 aromatic heterocycles. The molecule has 0 radical (unpaired) electrons. The maximum absolute atomic E-state index is 3.51. The summed E-state index contributed by atoms with van der Waals surface area (Å²) in [5, 5.41) is 4.80. The second kappa shape index (κ2) is 4.65. The van der Waals surface area contributed by atoms with Gasteiger partial charge in [0.05, 0.1) is 5.69 Å². The van der Waals surface area contributed by atoms with E-state index in [0.717, 1.165) is 32.6 Å². The number of aromatic nitrogens is 1. The maximum Gasteiger partial charge on any atom is 0.0655 e. The Bertz CT molecular complexity index is 550. The molecule has 1 aromatic carbocycles. The molecular weight excluding hydrogens is 222 g/mol. The van der Waals surface area contributed by atoms with Gasteiger partial charge in [-0.1, -0.05) is 13.0 Å². The van der Waals surface area contributed by atoms with Crippen LogP contribution < -0.4 is 10.2 Å². The topological polar surface area (TPSA) is 31.1 Å². The van der Waals surface area contributed by atoms with E-state index >= 15 is 0 Å². The lowest BCUT2D eigenvalue weighted by atomic mass is 10.1. The monoisotopic (exact) mass is 243 g/mol. The summed E-state index contributed by atoms with van der Waals surface area (Å²) in [6, 6.07) is 6.78. The van der Waals surface area contributed by atoms with Crippen molar-refractivity contribution < 1.29 is 0 Å². The van der Waals surface area contributed by atoms with E-state index in [1.807, 2.05) is 0 Å². The van der Waals surface area contributed by atoms with Crippen molar-refractivity contribution in [3.8, 4) is 0 Å². The molecule has 0 amide bonds. The molecule has 2 aromatic rings. The lowest BCUT2D eigenvalue weighted by molar-refractivity contribution is 0.589. The molecule has 1 fully saturated rings. The average Bonchev–Trinajstić information content (AvgIpc) is 2.74. The van der Waals surface area contributed by atoms with Gasteiger partial charge in [-0.2, -0.15) is 0 Å². The van der Waals surface area contributed by atoms with Gasteiger partial charge >= 0.3 is 0 Å². The van der Waals surface area contributed by atoms with Crippen LogP contribution in [-0.2, 0) is 6.42 Å². The molecule has 2 heterocycles. The first-order valence-electron chi connectivity index (χ1n) is 6.86. The van der Waals surface area contributed by atoms with Crippen LogP contribution in [0, 0.1) is 6.92 Å². The first kappa shape index (κ1) is 11.6. The molecule has 3 rings (SSSR count). The third-order valence-electron chi connectivity index (χ3n) is 3.86. The summed E-state index contributed by atoms with van der Waals surface area (Å²) < 4.78 is 0. The summed E-state index contributed by atoms with van der Waals surface area (Å²) in [7, 11) is 0. The molecule has 3 heteroatoms. The van der Waals surface area contributed by atoms with Gasteiger partial charge in [-0.25, -0.2) is 0 Å².